The molecule has 4 heterocycles. The summed E-state index contributed by atoms with van der Waals surface area (Å²) in [6.45, 7) is 1.99. The molecule has 162 valence electrons. The van der Waals surface area contributed by atoms with E-state index >= 15 is 0 Å². The van der Waals surface area contributed by atoms with Gasteiger partial charge in [-0.2, -0.15) is 5.10 Å². The number of carbonyl (C=O) groups excluding carboxylic acids is 2. The molecule has 3 fully saturated rings. The normalized spacial score (nSPS) is 23.6. The van der Waals surface area contributed by atoms with Gasteiger partial charge in [0.25, 0.3) is 0 Å². The van der Waals surface area contributed by atoms with E-state index < -0.39 is 0 Å². The van der Waals surface area contributed by atoms with E-state index in [0.717, 1.165) is 30.2 Å². The quantitative estimate of drug-likeness (QED) is 0.809. The highest BCUT2D eigenvalue weighted by Gasteiger charge is 2.39. The minimum Gasteiger partial charge on any atom is -0.454 e. The Labute approximate surface area is 179 Å². The number of piperidine rings is 1. The number of carbonyl (C=O) groups is 2. The zero-order chi connectivity index (χ0) is 20.9. The predicted molar refractivity (Wildman–Crippen MR) is 110 cm³/mol. The van der Waals surface area contributed by atoms with Crippen molar-refractivity contribution >= 4 is 17.5 Å². The van der Waals surface area contributed by atoms with Gasteiger partial charge in [-0.3, -0.25) is 14.7 Å². The first-order valence-corrected chi connectivity index (χ1v) is 11.1. The number of rotatable bonds is 4. The Balaban J connectivity index is 1.07. The zero-order valence-electron chi connectivity index (χ0n) is 17.2. The van der Waals surface area contributed by atoms with Gasteiger partial charge in [-0.1, -0.05) is 0 Å². The second-order valence-corrected chi connectivity index (χ2v) is 8.90. The van der Waals surface area contributed by atoms with Crippen molar-refractivity contribution in [3.63, 3.8) is 0 Å². The van der Waals surface area contributed by atoms with E-state index in [4.69, 9.17) is 9.47 Å². The van der Waals surface area contributed by atoms with Crippen LogP contribution in [-0.4, -0.2) is 58.3 Å². The van der Waals surface area contributed by atoms with Crippen molar-refractivity contribution in [1.82, 2.24) is 20.1 Å². The van der Waals surface area contributed by atoms with Gasteiger partial charge in [0, 0.05) is 49.6 Å². The molecule has 1 aromatic heterocycles. The number of aromatic amines is 1. The van der Waals surface area contributed by atoms with E-state index in [-0.39, 0.29) is 30.9 Å². The van der Waals surface area contributed by atoms with Crippen LogP contribution in [0.4, 0.5) is 5.69 Å². The van der Waals surface area contributed by atoms with E-state index in [1.165, 1.54) is 12.8 Å². The van der Waals surface area contributed by atoms with Crippen molar-refractivity contribution in [3.05, 3.63) is 29.8 Å². The van der Waals surface area contributed by atoms with E-state index in [1.807, 2.05) is 23.1 Å². The van der Waals surface area contributed by atoms with Crippen molar-refractivity contribution in [2.45, 2.75) is 43.9 Å². The summed E-state index contributed by atoms with van der Waals surface area (Å²) in [6.07, 6.45) is 4.37. The van der Waals surface area contributed by atoms with Crippen LogP contribution in [0, 0.1) is 5.92 Å². The number of H-pyrrole nitrogens is 1. The van der Waals surface area contributed by atoms with Crippen LogP contribution in [0.3, 0.4) is 0 Å². The second kappa shape index (κ2) is 7.25. The van der Waals surface area contributed by atoms with Crippen LogP contribution in [0.5, 0.6) is 11.5 Å². The summed E-state index contributed by atoms with van der Waals surface area (Å²) >= 11 is 0. The molecule has 2 amide bonds. The Morgan fingerprint density at radius 3 is 2.68 bits per heavy atom. The van der Waals surface area contributed by atoms with Crippen molar-refractivity contribution in [2.75, 3.05) is 31.3 Å². The number of fused-ring (bicyclic) bond motifs is 1. The first-order valence-electron chi connectivity index (χ1n) is 11.1. The van der Waals surface area contributed by atoms with Gasteiger partial charge in [-0.05, 0) is 37.8 Å². The average molecular weight is 423 g/mol. The third kappa shape index (κ3) is 3.41. The van der Waals surface area contributed by atoms with Crippen LogP contribution in [-0.2, 0) is 9.59 Å². The number of aromatic nitrogens is 3. The maximum atomic E-state index is 13.1. The number of benzene rings is 1. The lowest BCUT2D eigenvalue weighted by Crippen LogP contribution is -2.42. The largest absolute Gasteiger partial charge is 0.454 e. The molecule has 31 heavy (non-hydrogen) atoms. The van der Waals surface area contributed by atoms with Crippen LogP contribution in [0.25, 0.3) is 0 Å². The number of hydrogen-bond donors (Lipinski definition) is 1. The summed E-state index contributed by atoms with van der Waals surface area (Å²) in [5.41, 5.74) is 0.750. The SMILES string of the molecule is O=C(C1CC(=O)N(c2ccc3c(c2)OCO3)C1)N1CCC(c2nc(C3CC3)n[nH]2)CC1. The fourth-order valence-electron chi connectivity index (χ4n) is 4.80. The highest BCUT2D eigenvalue weighted by atomic mass is 16.7. The summed E-state index contributed by atoms with van der Waals surface area (Å²) in [5, 5.41) is 7.47. The van der Waals surface area contributed by atoms with E-state index in [0.29, 0.717) is 43.0 Å². The molecule has 0 bridgehead atoms. The molecule has 0 radical (unpaired) electrons. The van der Waals surface area contributed by atoms with Crippen molar-refractivity contribution in [2.24, 2.45) is 5.92 Å². The van der Waals surface area contributed by atoms with Crippen LogP contribution < -0.4 is 14.4 Å². The Hall–Kier alpha value is -3.10. The van der Waals surface area contributed by atoms with Gasteiger partial charge >= 0.3 is 0 Å². The Bertz CT molecular complexity index is 1020. The molecule has 6 rings (SSSR count). The number of hydrogen-bond acceptors (Lipinski definition) is 6. The standard InChI is InChI=1S/C22H25N5O4/c28-19-9-15(11-27(19)16-3-4-17-18(10-16)31-12-30-17)22(29)26-7-5-14(6-8-26)21-23-20(24-25-21)13-1-2-13/h3-4,10,13-15H,1-2,5-9,11-12H2,(H,23,24,25). The van der Waals surface area contributed by atoms with Crippen LogP contribution >= 0.6 is 0 Å². The monoisotopic (exact) mass is 423 g/mol. The Kier molecular flexibility index (Phi) is 4.36. The van der Waals surface area contributed by atoms with Gasteiger partial charge in [0.1, 0.15) is 5.82 Å². The van der Waals surface area contributed by atoms with Crippen molar-refractivity contribution < 1.29 is 19.1 Å². The molecule has 2 saturated heterocycles. The lowest BCUT2D eigenvalue weighted by atomic mass is 9.95. The molecule has 1 aliphatic carbocycles. The number of ether oxygens (including phenoxy) is 2. The third-order valence-electron chi connectivity index (χ3n) is 6.80. The fraction of sp³-hybridized carbons (Fsp3) is 0.545. The molecule has 1 N–H and O–H groups in total. The second-order valence-electron chi connectivity index (χ2n) is 8.90. The summed E-state index contributed by atoms with van der Waals surface area (Å²) in [5.74, 6) is 3.83. The van der Waals surface area contributed by atoms with Gasteiger partial charge in [-0.25, -0.2) is 4.98 Å². The van der Waals surface area contributed by atoms with Gasteiger partial charge in [-0.15, -0.1) is 0 Å². The summed E-state index contributed by atoms with van der Waals surface area (Å²) in [4.78, 5) is 34.0. The molecular formula is C22H25N5O4. The van der Waals surface area contributed by atoms with E-state index in [1.54, 1.807) is 4.90 Å². The molecule has 1 unspecified atom stereocenters. The third-order valence-corrected chi connectivity index (χ3v) is 6.80. The molecular weight excluding hydrogens is 398 g/mol. The average Bonchev–Trinajstić information content (AvgIpc) is 3.18. The molecule has 1 atom stereocenters. The molecule has 2 aromatic rings. The molecule has 9 heteroatoms. The smallest absolute Gasteiger partial charge is 0.231 e. The summed E-state index contributed by atoms with van der Waals surface area (Å²) < 4.78 is 10.8. The van der Waals surface area contributed by atoms with Crippen LogP contribution in [0.1, 0.15) is 55.6 Å². The molecule has 4 aliphatic rings. The van der Waals surface area contributed by atoms with Gasteiger partial charge < -0.3 is 19.3 Å². The zero-order valence-corrected chi connectivity index (χ0v) is 17.2. The first-order chi connectivity index (χ1) is 15.2. The number of anilines is 1. The maximum Gasteiger partial charge on any atom is 0.231 e. The minimum atomic E-state index is -0.304. The lowest BCUT2D eigenvalue weighted by Gasteiger charge is -2.32. The lowest BCUT2D eigenvalue weighted by molar-refractivity contribution is -0.136. The maximum absolute atomic E-state index is 13.1. The van der Waals surface area contributed by atoms with Crippen molar-refractivity contribution in [1.29, 1.82) is 0 Å². The summed E-state index contributed by atoms with van der Waals surface area (Å²) in [7, 11) is 0. The molecule has 9 nitrogen and oxygen atoms in total. The molecule has 1 saturated carbocycles. The predicted octanol–water partition coefficient (Wildman–Crippen LogP) is 2.17. The van der Waals surface area contributed by atoms with Crippen LogP contribution in [0.15, 0.2) is 18.2 Å². The highest BCUT2D eigenvalue weighted by molar-refractivity contribution is 6.00. The Morgan fingerprint density at radius 1 is 1.06 bits per heavy atom. The van der Waals surface area contributed by atoms with Crippen molar-refractivity contribution in [3.8, 4) is 11.5 Å². The van der Waals surface area contributed by atoms with Gasteiger partial charge in [0.15, 0.2) is 17.3 Å². The fourth-order valence-corrected chi connectivity index (χ4v) is 4.80. The van der Waals surface area contributed by atoms with Crippen LogP contribution in [0.2, 0.25) is 0 Å². The van der Waals surface area contributed by atoms with E-state index in [2.05, 4.69) is 15.2 Å². The number of nitrogens with one attached hydrogen (secondary N) is 1. The Morgan fingerprint density at radius 2 is 1.87 bits per heavy atom. The molecule has 3 aliphatic heterocycles. The van der Waals surface area contributed by atoms with E-state index in [9.17, 15) is 9.59 Å². The topological polar surface area (TPSA) is 101 Å². The number of amides is 2. The van der Waals surface area contributed by atoms with Gasteiger partial charge in [0.05, 0.1) is 5.92 Å². The molecule has 1 aromatic carbocycles. The minimum absolute atomic E-state index is 0.0265. The molecule has 0 spiro atoms. The number of nitrogens with zero attached hydrogens (tertiary/aromatic N) is 4. The highest BCUT2D eigenvalue weighted by Crippen LogP contribution is 2.39. The first kappa shape index (κ1) is 18.7. The number of likely N-dealkylation sites (tertiary alicyclic amines) is 1. The van der Waals surface area contributed by atoms with Gasteiger partial charge in [0.2, 0.25) is 18.6 Å². The summed E-state index contributed by atoms with van der Waals surface area (Å²) in [6, 6.07) is 5.46.